The van der Waals surface area contributed by atoms with E-state index in [1.807, 2.05) is 85.1 Å². The van der Waals surface area contributed by atoms with Crippen LogP contribution in [0.15, 0.2) is 71.9 Å². The second-order valence-corrected chi connectivity index (χ2v) is 8.49. The Bertz CT molecular complexity index is 1280. The molecule has 0 aliphatic carbocycles. The van der Waals surface area contributed by atoms with Crippen molar-refractivity contribution in [1.82, 2.24) is 14.8 Å². The average Bonchev–Trinajstić information content (AvgIpc) is 3.27. The van der Waals surface area contributed by atoms with Gasteiger partial charge in [0.2, 0.25) is 0 Å². The molecule has 6 nitrogen and oxygen atoms in total. The molecule has 0 saturated carbocycles. The minimum atomic E-state index is 0.0474. The zero-order chi connectivity index (χ0) is 23.4. The molecule has 0 aliphatic rings. The number of nitrogens with zero attached hydrogens (tertiary/aromatic N) is 3. The number of thioether (sulfide) groups is 1. The maximum Gasteiger partial charge on any atom is 0.196 e. The zero-order valence-corrected chi connectivity index (χ0v) is 19.8. The van der Waals surface area contributed by atoms with Gasteiger partial charge in [-0.25, -0.2) is 0 Å². The predicted molar refractivity (Wildman–Crippen MR) is 131 cm³/mol. The van der Waals surface area contributed by atoms with E-state index in [1.165, 1.54) is 17.3 Å². The number of Topliss-reactive ketones (excluding diaryl/α,β-unsaturated/α-hetero) is 1. The van der Waals surface area contributed by atoms with E-state index < -0.39 is 0 Å². The van der Waals surface area contributed by atoms with E-state index >= 15 is 0 Å². The number of ether oxygens (including phenoxy) is 2. The lowest BCUT2D eigenvalue weighted by Gasteiger charge is -2.13. The molecule has 3 aromatic carbocycles. The third-order valence-electron chi connectivity index (χ3n) is 5.47. The first-order chi connectivity index (χ1) is 16.0. The van der Waals surface area contributed by atoms with E-state index in [4.69, 9.17) is 9.47 Å². The number of benzene rings is 3. The first-order valence-electron chi connectivity index (χ1n) is 10.5. The number of carbonyl (C=O) groups excluding carboxylic acids is 1. The first kappa shape index (κ1) is 22.6. The first-order valence-corrected chi connectivity index (χ1v) is 11.5. The summed E-state index contributed by atoms with van der Waals surface area (Å²) >= 11 is 1.36. The van der Waals surface area contributed by atoms with Crippen LogP contribution in [0.3, 0.4) is 0 Å². The minimum Gasteiger partial charge on any atom is -0.497 e. The van der Waals surface area contributed by atoms with Crippen LogP contribution in [0, 0.1) is 13.8 Å². The highest BCUT2D eigenvalue weighted by Crippen LogP contribution is 2.33. The molecule has 0 N–H and O–H groups in total. The molecule has 0 saturated heterocycles. The van der Waals surface area contributed by atoms with E-state index in [0.717, 1.165) is 22.6 Å². The van der Waals surface area contributed by atoms with E-state index in [-0.39, 0.29) is 11.5 Å². The highest BCUT2D eigenvalue weighted by Gasteiger charge is 2.20. The molecule has 1 aromatic heterocycles. The minimum absolute atomic E-state index is 0.0474. The maximum absolute atomic E-state index is 12.9. The Morgan fingerprint density at radius 1 is 0.909 bits per heavy atom. The molecule has 4 rings (SSSR count). The number of para-hydroxylation sites is 1. The summed E-state index contributed by atoms with van der Waals surface area (Å²) in [5.74, 6) is 2.39. The normalized spacial score (nSPS) is 10.8. The maximum atomic E-state index is 12.9. The summed E-state index contributed by atoms with van der Waals surface area (Å²) in [6.45, 7) is 4.05. The van der Waals surface area contributed by atoms with Crippen molar-refractivity contribution in [3.63, 3.8) is 0 Å². The predicted octanol–water partition coefficient (Wildman–Crippen LogP) is 5.54. The summed E-state index contributed by atoms with van der Waals surface area (Å²) in [6.07, 6.45) is 0. The molecule has 0 fully saturated rings. The van der Waals surface area contributed by atoms with Gasteiger partial charge in [-0.1, -0.05) is 36.0 Å². The molecule has 0 spiro atoms. The van der Waals surface area contributed by atoms with Gasteiger partial charge in [-0.15, -0.1) is 10.2 Å². The molecular weight excluding hydrogens is 434 g/mol. The Labute approximate surface area is 197 Å². The van der Waals surface area contributed by atoms with Gasteiger partial charge < -0.3 is 9.47 Å². The summed E-state index contributed by atoms with van der Waals surface area (Å²) in [5, 5.41) is 9.50. The number of hydrogen-bond donors (Lipinski definition) is 0. The van der Waals surface area contributed by atoms with Gasteiger partial charge in [0.05, 0.1) is 31.2 Å². The van der Waals surface area contributed by atoms with Crippen LogP contribution in [0.1, 0.15) is 21.5 Å². The summed E-state index contributed by atoms with van der Waals surface area (Å²) in [7, 11) is 3.26. The van der Waals surface area contributed by atoms with Crippen molar-refractivity contribution in [3.05, 3.63) is 83.4 Å². The van der Waals surface area contributed by atoms with Gasteiger partial charge in [-0.3, -0.25) is 9.36 Å². The SMILES string of the molecule is COc1ccc(-n2c(SCC(=O)c3ccc(C)c(C)c3)nnc2-c2ccccc2OC)cc1. The molecule has 168 valence electrons. The zero-order valence-electron chi connectivity index (χ0n) is 19.0. The number of ketones is 1. The molecule has 1 heterocycles. The largest absolute Gasteiger partial charge is 0.497 e. The van der Waals surface area contributed by atoms with Gasteiger partial charge in [0.15, 0.2) is 16.8 Å². The number of aryl methyl sites for hydroxylation is 2. The number of rotatable bonds is 8. The van der Waals surface area contributed by atoms with Gasteiger partial charge in [-0.2, -0.15) is 0 Å². The van der Waals surface area contributed by atoms with Gasteiger partial charge in [0, 0.05) is 5.56 Å². The van der Waals surface area contributed by atoms with Crippen molar-refractivity contribution in [1.29, 1.82) is 0 Å². The molecule has 0 atom stereocenters. The molecule has 0 unspecified atom stereocenters. The Kier molecular flexibility index (Phi) is 6.79. The molecule has 0 bridgehead atoms. The smallest absolute Gasteiger partial charge is 0.196 e. The van der Waals surface area contributed by atoms with Gasteiger partial charge in [-0.05, 0) is 67.4 Å². The molecule has 0 amide bonds. The molecular formula is C26H25N3O3S. The van der Waals surface area contributed by atoms with Crippen molar-refractivity contribution < 1.29 is 14.3 Å². The fourth-order valence-electron chi connectivity index (χ4n) is 3.46. The highest BCUT2D eigenvalue weighted by atomic mass is 32.2. The van der Waals surface area contributed by atoms with Crippen molar-refractivity contribution in [2.24, 2.45) is 0 Å². The molecule has 4 aromatic rings. The summed E-state index contributed by atoms with van der Waals surface area (Å²) in [4.78, 5) is 12.9. The van der Waals surface area contributed by atoms with Crippen molar-refractivity contribution in [3.8, 4) is 28.6 Å². The monoisotopic (exact) mass is 459 g/mol. The van der Waals surface area contributed by atoms with E-state index in [9.17, 15) is 4.79 Å². The van der Waals surface area contributed by atoms with Gasteiger partial charge in [0.1, 0.15) is 11.5 Å². The molecule has 7 heteroatoms. The molecule has 0 aliphatic heterocycles. The highest BCUT2D eigenvalue weighted by molar-refractivity contribution is 7.99. The third kappa shape index (κ3) is 4.78. The number of hydrogen-bond acceptors (Lipinski definition) is 6. The summed E-state index contributed by atoms with van der Waals surface area (Å²) in [5.41, 5.74) is 4.65. The van der Waals surface area contributed by atoms with Crippen molar-refractivity contribution >= 4 is 17.5 Å². The van der Waals surface area contributed by atoms with Crippen molar-refractivity contribution in [2.75, 3.05) is 20.0 Å². The topological polar surface area (TPSA) is 66.2 Å². The molecule has 33 heavy (non-hydrogen) atoms. The van der Waals surface area contributed by atoms with Gasteiger partial charge in [0.25, 0.3) is 0 Å². The van der Waals surface area contributed by atoms with Crippen LogP contribution in [-0.2, 0) is 0 Å². The lowest BCUT2D eigenvalue weighted by molar-refractivity contribution is 0.102. The van der Waals surface area contributed by atoms with E-state index in [0.29, 0.717) is 22.3 Å². The Morgan fingerprint density at radius 3 is 2.36 bits per heavy atom. The Hall–Kier alpha value is -3.58. The summed E-state index contributed by atoms with van der Waals surface area (Å²) < 4.78 is 12.8. The van der Waals surface area contributed by atoms with E-state index in [2.05, 4.69) is 10.2 Å². The second-order valence-electron chi connectivity index (χ2n) is 7.55. The Balaban J connectivity index is 1.70. The van der Waals surface area contributed by atoms with Crippen LogP contribution in [0.25, 0.3) is 17.1 Å². The lowest BCUT2D eigenvalue weighted by Crippen LogP contribution is -2.06. The summed E-state index contributed by atoms with van der Waals surface area (Å²) in [6, 6.07) is 21.1. The standard InChI is InChI=1S/C26H25N3O3S/c1-17-9-10-19(15-18(17)2)23(30)16-33-26-28-27-25(22-7-5-6-8-24(22)32-4)29(26)20-11-13-21(31-3)14-12-20/h5-15H,16H2,1-4H3. The quantitative estimate of drug-likeness (QED) is 0.254. The van der Waals surface area contributed by atoms with Gasteiger partial charge >= 0.3 is 0 Å². The fourth-order valence-corrected chi connectivity index (χ4v) is 4.31. The van der Waals surface area contributed by atoms with Crippen LogP contribution in [-0.4, -0.2) is 40.5 Å². The van der Waals surface area contributed by atoms with Crippen LogP contribution in [0.5, 0.6) is 11.5 Å². The van der Waals surface area contributed by atoms with Crippen LogP contribution in [0.2, 0.25) is 0 Å². The average molecular weight is 460 g/mol. The van der Waals surface area contributed by atoms with Crippen LogP contribution < -0.4 is 9.47 Å². The van der Waals surface area contributed by atoms with E-state index in [1.54, 1.807) is 14.2 Å². The number of methoxy groups -OCH3 is 2. The van der Waals surface area contributed by atoms with Crippen LogP contribution >= 0.6 is 11.8 Å². The fraction of sp³-hybridized carbons (Fsp3) is 0.192. The Morgan fingerprint density at radius 2 is 1.67 bits per heavy atom. The number of aromatic nitrogens is 3. The second kappa shape index (κ2) is 9.92. The molecule has 0 radical (unpaired) electrons. The van der Waals surface area contributed by atoms with Crippen LogP contribution in [0.4, 0.5) is 0 Å². The number of carbonyl (C=O) groups is 1. The lowest BCUT2D eigenvalue weighted by atomic mass is 10.0. The van der Waals surface area contributed by atoms with Crippen molar-refractivity contribution in [2.45, 2.75) is 19.0 Å². The third-order valence-corrected chi connectivity index (χ3v) is 6.40.